The Morgan fingerprint density at radius 1 is 1.14 bits per heavy atom. The molecule has 0 saturated heterocycles. The van der Waals surface area contributed by atoms with Gasteiger partial charge in [0.15, 0.2) is 0 Å². The minimum Gasteiger partial charge on any atom is -0.335 e. The van der Waals surface area contributed by atoms with Gasteiger partial charge in [0.05, 0.1) is 11.4 Å². The second kappa shape index (κ2) is 8.61. The van der Waals surface area contributed by atoms with E-state index in [9.17, 15) is 4.79 Å². The van der Waals surface area contributed by atoms with Crippen molar-refractivity contribution >= 4 is 17.7 Å². The quantitative estimate of drug-likeness (QED) is 0.540. The number of carbonyl (C=O) groups excluding carboxylic acids is 1. The maximum atomic E-state index is 13.0. The van der Waals surface area contributed by atoms with Crippen LogP contribution in [0.5, 0.6) is 0 Å². The van der Waals surface area contributed by atoms with Crippen molar-refractivity contribution in [2.45, 2.75) is 37.5 Å². The van der Waals surface area contributed by atoms with Crippen LogP contribution in [0, 0.1) is 5.92 Å². The van der Waals surface area contributed by atoms with Gasteiger partial charge in [-0.1, -0.05) is 60.3 Å². The van der Waals surface area contributed by atoms with Crippen molar-refractivity contribution in [2.24, 2.45) is 5.92 Å². The standard InChI is InChI=1S/C22H24N4OS/c1-17(19-12-13-19)25(14-18-8-4-2-5-9-18)21(27)15-28-22-23-16-26(24-22)20-10-6-3-7-11-20/h2-11,16-17,19H,12-15H2,1H3. The van der Waals surface area contributed by atoms with Crippen LogP contribution >= 0.6 is 11.8 Å². The van der Waals surface area contributed by atoms with Crippen LogP contribution in [-0.2, 0) is 11.3 Å². The fourth-order valence-corrected chi connectivity index (χ4v) is 3.99. The normalized spacial score (nSPS) is 14.6. The fourth-order valence-electron chi connectivity index (χ4n) is 3.30. The van der Waals surface area contributed by atoms with Crippen molar-refractivity contribution in [3.05, 3.63) is 72.6 Å². The minimum absolute atomic E-state index is 0.143. The largest absolute Gasteiger partial charge is 0.335 e. The third-order valence-corrected chi connectivity index (χ3v) is 5.96. The van der Waals surface area contributed by atoms with E-state index < -0.39 is 0 Å². The zero-order valence-corrected chi connectivity index (χ0v) is 16.8. The SMILES string of the molecule is CC(C1CC1)N(Cc1ccccc1)C(=O)CSc1ncn(-c2ccccc2)n1. The summed E-state index contributed by atoms with van der Waals surface area (Å²) in [6.07, 6.45) is 4.13. The highest BCUT2D eigenvalue weighted by Gasteiger charge is 2.34. The Bertz CT molecular complexity index is 909. The molecule has 1 amide bonds. The summed E-state index contributed by atoms with van der Waals surface area (Å²) >= 11 is 1.40. The number of rotatable bonds is 8. The minimum atomic E-state index is 0.143. The van der Waals surface area contributed by atoms with Gasteiger partial charge in [-0.15, -0.1) is 5.10 Å². The van der Waals surface area contributed by atoms with Crippen LogP contribution in [0.4, 0.5) is 0 Å². The van der Waals surface area contributed by atoms with Crippen LogP contribution in [0.15, 0.2) is 72.1 Å². The Morgan fingerprint density at radius 3 is 2.50 bits per heavy atom. The van der Waals surface area contributed by atoms with Crippen LogP contribution in [0.1, 0.15) is 25.3 Å². The van der Waals surface area contributed by atoms with Crippen molar-refractivity contribution < 1.29 is 4.79 Å². The van der Waals surface area contributed by atoms with E-state index in [0.717, 1.165) is 5.69 Å². The van der Waals surface area contributed by atoms with Gasteiger partial charge >= 0.3 is 0 Å². The third-order valence-electron chi connectivity index (χ3n) is 5.13. The van der Waals surface area contributed by atoms with Gasteiger partial charge in [0.25, 0.3) is 0 Å². The molecule has 1 aliphatic rings. The van der Waals surface area contributed by atoms with Gasteiger partial charge in [-0.25, -0.2) is 9.67 Å². The van der Waals surface area contributed by atoms with Gasteiger partial charge in [-0.2, -0.15) is 0 Å². The van der Waals surface area contributed by atoms with E-state index >= 15 is 0 Å². The Kier molecular flexibility index (Phi) is 5.76. The highest BCUT2D eigenvalue weighted by atomic mass is 32.2. The average molecular weight is 393 g/mol. The first-order chi connectivity index (χ1) is 13.7. The lowest BCUT2D eigenvalue weighted by atomic mass is 10.1. The molecule has 144 valence electrons. The summed E-state index contributed by atoms with van der Waals surface area (Å²) in [7, 11) is 0. The molecule has 1 atom stereocenters. The Hall–Kier alpha value is -2.60. The van der Waals surface area contributed by atoms with Crippen molar-refractivity contribution in [3.63, 3.8) is 0 Å². The number of aromatic nitrogens is 3. The van der Waals surface area contributed by atoms with Crippen molar-refractivity contribution in [3.8, 4) is 5.69 Å². The first-order valence-electron chi connectivity index (χ1n) is 9.64. The molecule has 0 N–H and O–H groups in total. The molecule has 1 heterocycles. The topological polar surface area (TPSA) is 51.0 Å². The molecule has 0 bridgehead atoms. The average Bonchev–Trinajstić information content (AvgIpc) is 3.49. The Morgan fingerprint density at radius 2 is 1.82 bits per heavy atom. The van der Waals surface area contributed by atoms with E-state index in [1.54, 1.807) is 11.0 Å². The summed E-state index contributed by atoms with van der Waals surface area (Å²) in [5.41, 5.74) is 2.13. The maximum Gasteiger partial charge on any atom is 0.233 e. The van der Waals surface area contributed by atoms with Gasteiger partial charge < -0.3 is 4.90 Å². The van der Waals surface area contributed by atoms with E-state index in [4.69, 9.17) is 0 Å². The molecular weight excluding hydrogens is 368 g/mol. The summed E-state index contributed by atoms with van der Waals surface area (Å²) < 4.78 is 1.74. The summed E-state index contributed by atoms with van der Waals surface area (Å²) in [6, 6.07) is 20.3. The number of hydrogen-bond donors (Lipinski definition) is 0. The van der Waals surface area contributed by atoms with Gasteiger partial charge in [-0.3, -0.25) is 4.79 Å². The Balaban J connectivity index is 1.41. The van der Waals surface area contributed by atoms with Crippen molar-refractivity contribution in [1.82, 2.24) is 19.7 Å². The molecule has 2 aromatic carbocycles. The molecule has 1 unspecified atom stereocenters. The van der Waals surface area contributed by atoms with E-state index in [-0.39, 0.29) is 11.9 Å². The molecule has 0 spiro atoms. The molecule has 3 aromatic rings. The molecule has 1 fully saturated rings. The van der Waals surface area contributed by atoms with Crippen molar-refractivity contribution in [1.29, 1.82) is 0 Å². The predicted octanol–water partition coefficient (Wildman–Crippen LogP) is 4.19. The number of thioether (sulfide) groups is 1. The summed E-state index contributed by atoms with van der Waals surface area (Å²) in [6.45, 7) is 2.83. The zero-order chi connectivity index (χ0) is 19.3. The summed E-state index contributed by atoms with van der Waals surface area (Å²) in [5.74, 6) is 1.13. The summed E-state index contributed by atoms with van der Waals surface area (Å²) in [4.78, 5) is 19.4. The van der Waals surface area contributed by atoms with E-state index in [1.165, 1.54) is 30.2 Å². The van der Waals surface area contributed by atoms with Gasteiger partial charge in [-0.05, 0) is 43.4 Å². The maximum absolute atomic E-state index is 13.0. The molecule has 4 rings (SSSR count). The monoisotopic (exact) mass is 392 g/mol. The lowest BCUT2D eigenvalue weighted by Gasteiger charge is -2.29. The number of benzene rings is 2. The first-order valence-corrected chi connectivity index (χ1v) is 10.6. The third kappa shape index (κ3) is 4.62. The van der Waals surface area contributed by atoms with E-state index in [2.05, 4.69) is 29.1 Å². The molecule has 1 saturated carbocycles. The van der Waals surface area contributed by atoms with Crippen LogP contribution < -0.4 is 0 Å². The molecule has 6 heteroatoms. The van der Waals surface area contributed by atoms with Crippen LogP contribution in [0.3, 0.4) is 0 Å². The van der Waals surface area contributed by atoms with E-state index in [0.29, 0.717) is 23.4 Å². The highest BCUT2D eigenvalue weighted by molar-refractivity contribution is 7.99. The zero-order valence-electron chi connectivity index (χ0n) is 15.9. The van der Waals surface area contributed by atoms with Crippen molar-refractivity contribution in [2.75, 3.05) is 5.75 Å². The number of para-hydroxylation sites is 1. The summed E-state index contributed by atoms with van der Waals surface area (Å²) in [5, 5.41) is 5.11. The molecule has 0 radical (unpaired) electrons. The number of hydrogen-bond acceptors (Lipinski definition) is 4. The molecule has 5 nitrogen and oxygen atoms in total. The second-order valence-electron chi connectivity index (χ2n) is 7.18. The lowest BCUT2D eigenvalue weighted by Crippen LogP contribution is -2.40. The van der Waals surface area contributed by atoms with Crippen LogP contribution in [0.2, 0.25) is 0 Å². The molecule has 1 aromatic heterocycles. The van der Waals surface area contributed by atoms with E-state index in [1.807, 2.05) is 53.4 Å². The molecular formula is C22H24N4OS. The number of carbonyl (C=O) groups is 1. The van der Waals surface area contributed by atoms with Gasteiger partial charge in [0, 0.05) is 12.6 Å². The van der Waals surface area contributed by atoms with Crippen LogP contribution in [0.25, 0.3) is 5.69 Å². The number of nitrogens with zero attached hydrogens (tertiary/aromatic N) is 4. The van der Waals surface area contributed by atoms with Gasteiger partial charge in [0.1, 0.15) is 6.33 Å². The molecule has 0 aliphatic heterocycles. The lowest BCUT2D eigenvalue weighted by molar-refractivity contribution is -0.131. The van der Waals surface area contributed by atoms with Crippen LogP contribution in [-0.4, -0.2) is 37.4 Å². The Labute approximate surface area is 169 Å². The van der Waals surface area contributed by atoms with Gasteiger partial charge in [0.2, 0.25) is 11.1 Å². The molecule has 1 aliphatic carbocycles. The second-order valence-corrected chi connectivity index (χ2v) is 8.12. The predicted molar refractivity (Wildman–Crippen MR) is 111 cm³/mol. The number of amides is 1. The first kappa shape index (κ1) is 18.7. The highest BCUT2D eigenvalue weighted by Crippen LogP contribution is 2.36. The smallest absolute Gasteiger partial charge is 0.233 e. The molecule has 28 heavy (non-hydrogen) atoms. The fraction of sp³-hybridized carbons (Fsp3) is 0.318.